The molecule has 1 aliphatic rings. The van der Waals surface area contributed by atoms with Gasteiger partial charge in [-0.15, -0.1) is 0 Å². The Hall–Kier alpha value is -2.04. The van der Waals surface area contributed by atoms with E-state index in [9.17, 15) is 0 Å². The molecule has 0 bridgehead atoms. The minimum Gasteiger partial charge on any atom is -0.355 e. The molecule has 5 heteroatoms. The monoisotopic (exact) mass is 255 g/mol. The highest BCUT2D eigenvalue weighted by atomic mass is 15.2. The van der Waals surface area contributed by atoms with Crippen molar-refractivity contribution in [2.45, 2.75) is 19.3 Å². The smallest absolute Gasteiger partial charge is 0.147 e. The molecule has 19 heavy (non-hydrogen) atoms. The molecule has 2 aromatic heterocycles. The van der Waals surface area contributed by atoms with Gasteiger partial charge >= 0.3 is 0 Å². The summed E-state index contributed by atoms with van der Waals surface area (Å²) in [4.78, 5) is 19.3. The lowest BCUT2D eigenvalue weighted by atomic mass is 9.93. The normalized spacial score (nSPS) is 19.4. The van der Waals surface area contributed by atoms with Gasteiger partial charge in [-0.2, -0.15) is 0 Å². The van der Waals surface area contributed by atoms with Gasteiger partial charge in [0.2, 0.25) is 0 Å². The standard InChI is InChI=1S/C14H17N5/c1-2-12(8-13-9-15-3-5-17-13)11-19(7-1)14-10-16-4-6-18-14/h3-6,9-10,12H,1-2,7-8,11H2. The molecule has 0 amide bonds. The van der Waals surface area contributed by atoms with Crippen molar-refractivity contribution in [1.82, 2.24) is 19.9 Å². The van der Waals surface area contributed by atoms with E-state index in [1.807, 2.05) is 12.4 Å². The molecule has 0 aliphatic carbocycles. The first-order chi connectivity index (χ1) is 9.42. The number of anilines is 1. The van der Waals surface area contributed by atoms with Crippen molar-refractivity contribution in [2.75, 3.05) is 18.0 Å². The predicted octanol–water partition coefficient (Wildman–Crippen LogP) is 1.73. The second kappa shape index (κ2) is 5.73. The van der Waals surface area contributed by atoms with Gasteiger partial charge < -0.3 is 4.90 Å². The van der Waals surface area contributed by atoms with Crippen LogP contribution in [0.4, 0.5) is 5.82 Å². The van der Waals surface area contributed by atoms with Gasteiger partial charge in [0.05, 0.1) is 11.9 Å². The third-order valence-corrected chi connectivity index (χ3v) is 3.51. The van der Waals surface area contributed by atoms with Gasteiger partial charge in [0.1, 0.15) is 5.82 Å². The van der Waals surface area contributed by atoms with Gasteiger partial charge in [0, 0.05) is 44.1 Å². The Kier molecular flexibility index (Phi) is 3.63. The van der Waals surface area contributed by atoms with Gasteiger partial charge in [-0.3, -0.25) is 15.0 Å². The van der Waals surface area contributed by atoms with Crippen molar-refractivity contribution in [2.24, 2.45) is 5.92 Å². The topological polar surface area (TPSA) is 54.8 Å². The van der Waals surface area contributed by atoms with E-state index in [1.54, 1.807) is 24.8 Å². The van der Waals surface area contributed by atoms with Crippen LogP contribution in [0.25, 0.3) is 0 Å². The third-order valence-electron chi connectivity index (χ3n) is 3.51. The summed E-state index contributed by atoms with van der Waals surface area (Å²) in [5, 5.41) is 0. The molecule has 3 rings (SSSR count). The molecule has 1 unspecified atom stereocenters. The van der Waals surface area contributed by atoms with Crippen LogP contribution in [0.2, 0.25) is 0 Å². The molecule has 5 nitrogen and oxygen atoms in total. The zero-order valence-corrected chi connectivity index (χ0v) is 10.8. The lowest BCUT2D eigenvalue weighted by Crippen LogP contribution is -2.36. The average molecular weight is 255 g/mol. The molecule has 0 radical (unpaired) electrons. The zero-order chi connectivity index (χ0) is 12.9. The summed E-state index contributed by atoms with van der Waals surface area (Å²) in [6, 6.07) is 0. The van der Waals surface area contributed by atoms with E-state index in [1.165, 1.54) is 12.8 Å². The SMILES string of the molecule is c1cnc(CC2CCCN(c3cnccn3)C2)cn1. The molecule has 1 atom stereocenters. The molecule has 0 N–H and O–H groups in total. The number of piperidine rings is 1. The Morgan fingerprint density at radius 2 is 1.89 bits per heavy atom. The minimum absolute atomic E-state index is 0.618. The zero-order valence-electron chi connectivity index (χ0n) is 10.8. The summed E-state index contributed by atoms with van der Waals surface area (Å²) in [6.07, 6.45) is 14.1. The maximum Gasteiger partial charge on any atom is 0.147 e. The van der Waals surface area contributed by atoms with E-state index in [4.69, 9.17) is 0 Å². The average Bonchev–Trinajstić information content (AvgIpc) is 2.49. The van der Waals surface area contributed by atoms with E-state index in [0.717, 1.165) is 31.0 Å². The summed E-state index contributed by atoms with van der Waals surface area (Å²) in [5.41, 5.74) is 1.08. The van der Waals surface area contributed by atoms with Crippen LogP contribution in [0.5, 0.6) is 0 Å². The minimum atomic E-state index is 0.618. The largest absolute Gasteiger partial charge is 0.355 e. The van der Waals surface area contributed by atoms with Crippen LogP contribution < -0.4 is 4.90 Å². The maximum absolute atomic E-state index is 4.38. The quantitative estimate of drug-likeness (QED) is 0.836. The number of hydrogen-bond acceptors (Lipinski definition) is 5. The van der Waals surface area contributed by atoms with Gasteiger partial charge in [0.25, 0.3) is 0 Å². The fourth-order valence-corrected chi connectivity index (χ4v) is 2.63. The van der Waals surface area contributed by atoms with Crippen molar-refractivity contribution < 1.29 is 0 Å². The van der Waals surface area contributed by atoms with E-state index in [-0.39, 0.29) is 0 Å². The van der Waals surface area contributed by atoms with Crippen molar-refractivity contribution in [1.29, 1.82) is 0 Å². The lowest BCUT2D eigenvalue weighted by molar-refractivity contribution is 0.407. The fourth-order valence-electron chi connectivity index (χ4n) is 2.63. The van der Waals surface area contributed by atoms with E-state index in [0.29, 0.717) is 5.92 Å². The molecule has 0 saturated carbocycles. The first kappa shape index (κ1) is 12.0. The Labute approximate surface area is 112 Å². The first-order valence-corrected chi connectivity index (χ1v) is 6.67. The highest BCUT2D eigenvalue weighted by molar-refractivity contribution is 5.35. The van der Waals surface area contributed by atoms with Gasteiger partial charge in [0.15, 0.2) is 0 Å². The highest BCUT2D eigenvalue weighted by Gasteiger charge is 2.21. The Bertz CT molecular complexity index is 502. The Balaban J connectivity index is 1.65. The summed E-state index contributed by atoms with van der Waals surface area (Å²) in [6.45, 7) is 2.09. The Morgan fingerprint density at radius 3 is 2.63 bits per heavy atom. The van der Waals surface area contributed by atoms with Gasteiger partial charge in [-0.25, -0.2) is 4.98 Å². The predicted molar refractivity (Wildman–Crippen MR) is 72.7 cm³/mol. The molecular weight excluding hydrogens is 238 g/mol. The molecule has 3 heterocycles. The number of rotatable bonds is 3. The molecule has 98 valence electrons. The maximum atomic E-state index is 4.38. The lowest BCUT2D eigenvalue weighted by Gasteiger charge is -2.33. The summed E-state index contributed by atoms with van der Waals surface area (Å²) < 4.78 is 0. The van der Waals surface area contributed by atoms with Crippen LogP contribution in [0.3, 0.4) is 0 Å². The van der Waals surface area contributed by atoms with E-state index in [2.05, 4.69) is 24.8 Å². The van der Waals surface area contributed by atoms with Gasteiger partial charge in [-0.05, 0) is 25.2 Å². The summed E-state index contributed by atoms with van der Waals surface area (Å²) in [7, 11) is 0. The van der Waals surface area contributed by atoms with Gasteiger partial charge in [-0.1, -0.05) is 0 Å². The first-order valence-electron chi connectivity index (χ1n) is 6.67. The second-order valence-electron chi connectivity index (χ2n) is 4.92. The molecular formula is C14H17N5. The fraction of sp³-hybridized carbons (Fsp3) is 0.429. The van der Waals surface area contributed by atoms with Crippen LogP contribution in [-0.2, 0) is 6.42 Å². The molecule has 0 spiro atoms. The summed E-state index contributed by atoms with van der Waals surface area (Å²) >= 11 is 0. The second-order valence-corrected chi connectivity index (χ2v) is 4.92. The van der Waals surface area contributed by atoms with Crippen LogP contribution in [0.15, 0.2) is 37.2 Å². The Morgan fingerprint density at radius 1 is 1.05 bits per heavy atom. The van der Waals surface area contributed by atoms with Crippen molar-refractivity contribution in [3.63, 3.8) is 0 Å². The van der Waals surface area contributed by atoms with Crippen LogP contribution in [0, 0.1) is 5.92 Å². The van der Waals surface area contributed by atoms with E-state index < -0.39 is 0 Å². The van der Waals surface area contributed by atoms with Crippen molar-refractivity contribution >= 4 is 5.82 Å². The van der Waals surface area contributed by atoms with Crippen LogP contribution in [0.1, 0.15) is 18.5 Å². The number of hydrogen-bond donors (Lipinski definition) is 0. The van der Waals surface area contributed by atoms with E-state index >= 15 is 0 Å². The highest BCUT2D eigenvalue weighted by Crippen LogP contribution is 2.23. The molecule has 1 saturated heterocycles. The van der Waals surface area contributed by atoms with Crippen LogP contribution >= 0.6 is 0 Å². The molecule has 0 aromatic carbocycles. The van der Waals surface area contributed by atoms with Crippen LogP contribution in [-0.4, -0.2) is 33.0 Å². The molecule has 1 aliphatic heterocycles. The van der Waals surface area contributed by atoms with Crippen molar-refractivity contribution in [3.8, 4) is 0 Å². The number of nitrogens with zero attached hydrogens (tertiary/aromatic N) is 5. The third kappa shape index (κ3) is 3.05. The van der Waals surface area contributed by atoms with Crippen molar-refractivity contribution in [3.05, 3.63) is 42.9 Å². The molecule has 2 aromatic rings. The molecule has 1 fully saturated rings. The number of aromatic nitrogens is 4. The summed E-state index contributed by atoms with van der Waals surface area (Å²) in [5.74, 6) is 1.60.